The smallest absolute Gasteiger partial charge is 0.300 e. The number of hydrogen-bond donors (Lipinski definition) is 1. The Bertz CT molecular complexity index is 90.2. The number of carboxylic acids is 1. The molecule has 0 aromatic heterocycles. The second-order valence-electron chi connectivity index (χ2n) is 1.55. The highest BCUT2D eigenvalue weighted by Crippen LogP contribution is 2.03. The average molecular weight is 254 g/mol. The third kappa shape index (κ3) is 247. The molecule has 0 aromatic carbocycles. The Balaban J connectivity index is -0.000000117. The fourth-order valence-electron chi connectivity index (χ4n) is 0.204. The van der Waals surface area contributed by atoms with E-state index in [-0.39, 0.29) is 0 Å². The van der Waals surface area contributed by atoms with Crippen molar-refractivity contribution in [3.05, 3.63) is 0 Å². The van der Waals surface area contributed by atoms with Gasteiger partial charge in [-0.3, -0.25) is 4.79 Å². The minimum atomic E-state index is -0.833. The Hall–Kier alpha value is 0.300. The predicted molar refractivity (Wildman–Crippen MR) is 56.8 cm³/mol. The van der Waals surface area contributed by atoms with Gasteiger partial charge in [-0.25, -0.2) is 0 Å². The average Bonchev–Trinajstić information content (AvgIpc) is 1.86. The summed E-state index contributed by atoms with van der Waals surface area (Å²) in [6, 6.07) is 0. The highest BCUT2D eigenvalue weighted by atomic mass is 35.6. The van der Waals surface area contributed by atoms with Gasteiger partial charge in [0, 0.05) is 20.1 Å². The molecule has 0 radical (unpaired) electrons. The van der Waals surface area contributed by atoms with Crippen LogP contribution in [0.25, 0.3) is 0 Å². The van der Waals surface area contributed by atoms with Gasteiger partial charge >= 0.3 is 0 Å². The zero-order valence-electron chi connectivity index (χ0n) is 7.89. The Morgan fingerprint density at radius 2 is 1.46 bits per heavy atom. The molecule has 0 aliphatic heterocycles. The Morgan fingerprint density at radius 3 is 1.46 bits per heavy atom. The molecule has 0 amide bonds. The fourth-order valence-corrected chi connectivity index (χ4v) is 0.204. The van der Waals surface area contributed by atoms with Crippen molar-refractivity contribution in [2.24, 2.45) is 0 Å². The minimum absolute atomic E-state index is 0.750. The van der Waals surface area contributed by atoms with Crippen LogP contribution in [0.1, 0.15) is 20.8 Å². The summed E-state index contributed by atoms with van der Waals surface area (Å²) in [5.41, 5.74) is 0. The van der Waals surface area contributed by atoms with Crippen LogP contribution in [0.2, 0.25) is 0 Å². The summed E-state index contributed by atoms with van der Waals surface area (Å²) in [6.45, 7) is 6.75. The predicted octanol–water partition coefficient (Wildman–Crippen LogP) is 3.12. The number of alkyl halides is 3. The van der Waals surface area contributed by atoms with Crippen LogP contribution in [-0.2, 0) is 9.53 Å². The van der Waals surface area contributed by atoms with Crippen LogP contribution in [0.15, 0.2) is 0 Å². The van der Waals surface area contributed by atoms with E-state index in [0.717, 1.165) is 20.1 Å². The van der Waals surface area contributed by atoms with Gasteiger partial charge in [0.25, 0.3) is 5.97 Å². The number of rotatable bonds is 2. The van der Waals surface area contributed by atoms with Gasteiger partial charge in [-0.2, -0.15) is 0 Å². The number of carbonyl (C=O) groups is 1. The molecular formula is C7H15Cl3O3. The van der Waals surface area contributed by atoms with Crippen molar-refractivity contribution in [1.29, 1.82) is 0 Å². The number of carboxylic acid groups (broad SMARTS) is 1. The largest absolute Gasteiger partial charge is 0.481 e. The SMILES string of the molecule is CC(=O)O.CCOCC.ClC(Cl)Cl. The molecule has 0 rings (SSSR count). The van der Waals surface area contributed by atoms with E-state index in [1.54, 1.807) is 0 Å². The first-order valence-corrected chi connectivity index (χ1v) is 4.88. The molecular weight excluding hydrogens is 238 g/mol. The van der Waals surface area contributed by atoms with Crippen LogP contribution in [0.5, 0.6) is 0 Å². The van der Waals surface area contributed by atoms with Crippen LogP contribution < -0.4 is 0 Å². The molecule has 6 heteroatoms. The van der Waals surface area contributed by atoms with E-state index in [9.17, 15) is 0 Å². The summed E-state index contributed by atoms with van der Waals surface area (Å²) < 4.78 is 4.08. The zero-order valence-corrected chi connectivity index (χ0v) is 10.2. The van der Waals surface area contributed by atoms with Crippen molar-refractivity contribution in [1.82, 2.24) is 0 Å². The van der Waals surface area contributed by atoms with E-state index in [4.69, 9.17) is 49.4 Å². The van der Waals surface area contributed by atoms with Gasteiger partial charge in [-0.15, -0.1) is 0 Å². The van der Waals surface area contributed by atoms with Crippen LogP contribution in [0, 0.1) is 0 Å². The van der Waals surface area contributed by atoms with E-state index in [1.165, 1.54) is 0 Å². The van der Waals surface area contributed by atoms with Gasteiger partial charge in [0.15, 0.2) is 4.30 Å². The topological polar surface area (TPSA) is 46.5 Å². The first kappa shape index (κ1) is 19.0. The molecule has 0 unspecified atom stereocenters. The summed E-state index contributed by atoms with van der Waals surface area (Å²) in [6.07, 6.45) is 0. The van der Waals surface area contributed by atoms with Gasteiger partial charge in [0.2, 0.25) is 0 Å². The molecule has 0 aromatic rings. The second-order valence-corrected chi connectivity index (χ2v) is 3.53. The van der Waals surface area contributed by atoms with Crippen LogP contribution >= 0.6 is 34.8 Å². The van der Waals surface area contributed by atoms with Gasteiger partial charge in [-0.05, 0) is 13.8 Å². The third-order valence-electron chi connectivity index (χ3n) is 0.408. The van der Waals surface area contributed by atoms with Crippen molar-refractivity contribution in [2.75, 3.05) is 13.2 Å². The highest BCUT2D eigenvalue weighted by molar-refractivity contribution is 6.63. The molecule has 0 saturated heterocycles. The maximum atomic E-state index is 9.00. The molecule has 0 heterocycles. The quantitative estimate of drug-likeness (QED) is 0.769. The van der Waals surface area contributed by atoms with Crippen LogP contribution in [0.3, 0.4) is 0 Å². The summed E-state index contributed by atoms with van der Waals surface area (Å²) >= 11 is 14.4. The number of aliphatic carboxylic acids is 1. The van der Waals surface area contributed by atoms with Gasteiger partial charge in [-0.1, -0.05) is 34.8 Å². The van der Waals surface area contributed by atoms with Crippen molar-refractivity contribution in [2.45, 2.75) is 25.1 Å². The van der Waals surface area contributed by atoms with Crippen molar-refractivity contribution in [3.8, 4) is 0 Å². The fraction of sp³-hybridized carbons (Fsp3) is 0.857. The first-order valence-electron chi connectivity index (χ1n) is 3.57. The molecule has 13 heavy (non-hydrogen) atoms. The molecule has 3 nitrogen and oxygen atoms in total. The molecule has 0 aliphatic rings. The van der Waals surface area contributed by atoms with E-state index in [1.807, 2.05) is 13.8 Å². The molecule has 82 valence electrons. The Labute approximate surface area is 93.9 Å². The maximum absolute atomic E-state index is 9.00. The lowest BCUT2D eigenvalue weighted by atomic mass is 10.8. The van der Waals surface area contributed by atoms with Crippen molar-refractivity contribution >= 4 is 40.8 Å². The van der Waals surface area contributed by atoms with E-state index in [0.29, 0.717) is 0 Å². The third-order valence-corrected chi connectivity index (χ3v) is 0.408. The summed E-state index contributed by atoms with van der Waals surface area (Å²) in [7, 11) is 0. The standard InChI is InChI=1S/C4H10O.C2H4O2.CHCl3/c1-3-5-4-2;1-2(3)4;2-1(3)4/h3-4H2,1-2H3;1H3,(H,3,4);1H. The second kappa shape index (κ2) is 18.2. The Kier molecular flexibility index (Phi) is 26.5. The summed E-state index contributed by atoms with van der Waals surface area (Å²) in [5.74, 6) is -0.833. The normalized spacial score (nSPS) is 7.92. The lowest BCUT2D eigenvalue weighted by Crippen LogP contribution is -1.84. The van der Waals surface area contributed by atoms with Gasteiger partial charge in [0.05, 0.1) is 0 Å². The number of halogens is 3. The minimum Gasteiger partial charge on any atom is -0.481 e. The van der Waals surface area contributed by atoms with E-state index >= 15 is 0 Å². The van der Waals surface area contributed by atoms with Crippen molar-refractivity contribution < 1.29 is 14.6 Å². The van der Waals surface area contributed by atoms with Crippen molar-refractivity contribution in [3.63, 3.8) is 0 Å². The molecule has 1 N–H and O–H groups in total. The Morgan fingerprint density at radius 1 is 1.31 bits per heavy atom. The van der Waals surface area contributed by atoms with Gasteiger partial charge < -0.3 is 9.84 Å². The van der Waals surface area contributed by atoms with Crippen LogP contribution in [-0.4, -0.2) is 28.6 Å². The molecule has 0 aliphatic carbocycles. The molecule has 0 saturated carbocycles. The monoisotopic (exact) mass is 252 g/mol. The number of hydrogen-bond acceptors (Lipinski definition) is 2. The number of ether oxygens (including phenoxy) is 1. The van der Waals surface area contributed by atoms with E-state index < -0.39 is 10.3 Å². The summed E-state index contributed by atoms with van der Waals surface area (Å²) in [4.78, 5) is 9.00. The summed E-state index contributed by atoms with van der Waals surface area (Å²) in [5, 5.41) is 7.42. The lowest BCUT2D eigenvalue weighted by Gasteiger charge is -1.86. The maximum Gasteiger partial charge on any atom is 0.300 e. The molecule has 0 atom stereocenters. The van der Waals surface area contributed by atoms with Crippen LogP contribution in [0.4, 0.5) is 0 Å². The molecule has 0 bridgehead atoms. The first-order chi connectivity index (χ1) is 5.88. The lowest BCUT2D eigenvalue weighted by molar-refractivity contribution is -0.134. The molecule has 0 spiro atoms. The highest BCUT2D eigenvalue weighted by Gasteiger charge is 1.78. The van der Waals surface area contributed by atoms with E-state index in [2.05, 4.69) is 0 Å². The van der Waals surface area contributed by atoms with Gasteiger partial charge in [0.1, 0.15) is 0 Å². The zero-order chi connectivity index (χ0) is 11.3. The molecule has 0 fully saturated rings.